The van der Waals surface area contributed by atoms with E-state index in [1.807, 2.05) is 30.3 Å². The van der Waals surface area contributed by atoms with Gasteiger partial charge in [0.15, 0.2) is 6.10 Å². The van der Waals surface area contributed by atoms with E-state index in [-0.39, 0.29) is 18.1 Å². The van der Waals surface area contributed by atoms with Crippen molar-refractivity contribution in [3.05, 3.63) is 35.9 Å². The Balaban J connectivity index is 1.96. The molecule has 2 rings (SSSR count). The molecule has 4 heteroatoms. The molecule has 1 aromatic rings. The average Bonchev–Trinajstić information content (AvgIpc) is 2.29. The van der Waals surface area contributed by atoms with Gasteiger partial charge in [0.25, 0.3) is 5.91 Å². The van der Waals surface area contributed by atoms with Crippen LogP contribution in [0.3, 0.4) is 0 Å². The highest BCUT2D eigenvalue weighted by molar-refractivity contribution is 5.82. The van der Waals surface area contributed by atoms with E-state index >= 15 is 0 Å². The number of ether oxygens (including phenoxy) is 1. The lowest BCUT2D eigenvalue weighted by Gasteiger charge is -2.33. The fraction of sp³-hybridized carbons (Fsp3) is 0.462. The summed E-state index contributed by atoms with van der Waals surface area (Å²) < 4.78 is 5.22. The predicted molar refractivity (Wildman–Crippen MR) is 63.4 cm³/mol. The number of benzene rings is 1. The van der Waals surface area contributed by atoms with E-state index in [0.717, 1.165) is 5.56 Å². The minimum atomic E-state index is -0.575. The number of carbonyl (C=O) groups is 1. The second kappa shape index (κ2) is 5.29. The Morgan fingerprint density at radius 2 is 2.06 bits per heavy atom. The summed E-state index contributed by atoms with van der Waals surface area (Å²) in [7, 11) is 1.52. The average molecular weight is 235 g/mol. The number of carbonyl (C=O) groups excluding carboxylic acids is 1. The molecule has 2 N–H and O–H groups in total. The largest absolute Gasteiger partial charge is 0.393 e. The lowest BCUT2D eigenvalue weighted by molar-refractivity contribution is -0.133. The first-order valence-corrected chi connectivity index (χ1v) is 5.77. The fourth-order valence-electron chi connectivity index (χ4n) is 2.00. The van der Waals surface area contributed by atoms with Crippen LogP contribution in [0.2, 0.25) is 0 Å². The summed E-state index contributed by atoms with van der Waals surface area (Å²) >= 11 is 0. The molecule has 1 fully saturated rings. The van der Waals surface area contributed by atoms with E-state index in [1.165, 1.54) is 7.11 Å². The number of hydrogen-bond donors (Lipinski definition) is 2. The summed E-state index contributed by atoms with van der Waals surface area (Å²) in [6.45, 7) is 0. The molecular weight excluding hydrogens is 218 g/mol. The zero-order valence-corrected chi connectivity index (χ0v) is 9.80. The van der Waals surface area contributed by atoms with Gasteiger partial charge in [0, 0.05) is 13.2 Å². The normalized spacial score (nSPS) is 24.8. The van der Waals surface area contributed by atoms with E-state index in [9.17, 15) is 4.79 Å². The number of amides is 1. The number of rotatable bonds is 4. The monoisotopic (exact) mass is 235 g/mol. The smallest absolute Gasteiger partial charge is 0.253 e. The van der Waals surface area contributed by atoms with E-state index in [0.29, 0.717) is 12.8 Å². The zero-order valence-electron chi connectivity index (χ0n) is 9.80. The minimum absolute atomic E-state index is 0.0823. The van der Waals surface area contributed by atoms with Crippen molar-refractivity contribution < 1.29 is 14.6 Å². The summed E-state index contributed by atoms with van der Waals surface area (Å²) in [6.07, 6.45) is 0.431. The number of hydrogen-bond acceptors (Lipinski definition) is 3. The van der Waals surface area contributed by atoms with Gasteiger partial charge in [0.05, 0.1) is 6.10 Å². The van der Waals surface area contributed by atoms with Crippen molar-refractivity contribution in [3.8, 4) is 0 Å². The second-order valence-electron chi connectivity index (χ2n) is 4.36. The molecule has 1 aliphatic rings. The highest BCUT2D eigenvalue weighted by Gasteiger charge is 2.31. The quantitative estimate of drug-likeness (QED) is 0.819. The van der Waals surface area contributed by atoms with Crippen molar-refractivity contribution in [2.45, 2.75) is 31.1 Å². The van der Waals surface area contributed by atoms with Crippen LogP contribution in [0.1, 0.15) is 24.5 Å². The number of nitrogens with one attached hydrogen (secondary N) is 1. The van der Waals surface area contributed by atoms with Crippen LogP contribution in [-0.4, -0.2) is 30.3 Å². The molecule has 0 aliphatic heterocycles. The van der Waals surface area contributed by atoms with Gasteiger partial charge in [0.1, 0.15) is 0 Å². The van der Waals surface area contributed by atoms with Crippen LogP contribution in [0.25, 0.3) is 0 Å². The van der Waals surface area contributed by atoms with Crippen LogP contribution in [0, 0.1) is 0 Å². The van der Waals surface area contributed by atoms with Gasteiger partial charge in [-0.15, -0.1) is 0 Å². The molecule has 1 unspecified atom stereocenters. The number of aliphatic hydroxyl groups is 1. The maximum absolute atomic E-state index is 12.0. The third-order valence-corrected chi connectivity index (χ3v) is 3.04. The molecule has 0 heterocycles. The lowest BCUT2D eigenvalue weighted by atomic mass is 9.89. The Hall–Kier alpha value is -1.39. The van der Waals surface area contributed by atoms with Crippen LogP contribution in [0.5, 0.6) is 0 Å². The van der Waals surface area contributed by atoms with Crippen LogP contribution in [0.4, 0.5) is 0 Å². The Labute approximate surface area is 101 Å². The third-order valence-electron chi connectivity index (χ3n) is 3.04. The van der Waals surface area contributed by atoms with E-state index < -0.39 is 6.10 Å². The standard InChI is InChI=1S/C13H17NO3/c1-17-12(9-5-3-2-4-6-9)13(16)14-10-7-11(15)8-10/h2-6,10-12,15H,7-8H2,1H3,(H,14,16). The summed E-state index contributed by atoms with van der Waals surface area (Å²) in [5.74, 6) is -0.143. The van der Waals surface area contributed by atoms with Gasteiger partial charge in [-0.1, -0.05) is 30.3 Å². The molecule has 1 amide bonds. The molecule has 1 aliphatic carbocycles. The van der Waals surface area contributed by atoms with E-state index in [1.54, 1.807) is 0 Å². The van der Waals surface area contributed by atoms with Crippen LogP contribution < -0.4 is 5.32 Å². The SMILES string of the molecule is COC(C(=O)NC1CC(O)C1)c1ccccc1. The molecule has 0 spiro atoms. The minimum Gasteiger partial charge on any atom is -0.393 e. The van der Waals surface area contributed by atoms with Crippen LogP contribution >= 0.6 is 0 Å². The summed E-state index contributed by atoms with van der Waals surface area (Å²) in [5.41, 5.74) is 0.840. The molecule has 0 radical (unpaired) electrons. The molecule has 4 nitrogen and oxygen atoms in total. The Bertz CT molecular complexity index is 374. The highest BCUT2D eigenvalue weighted by Crippen LogP contribution is 2.22. The molecule has 1 saturated carbocycles. The van der Waals surface area contributed by atoms with Crippen molar-refractivity contribution in [3.63, 3.8) is 0 Å². The molecule has 1 atom stereocenters. The van der Waals surface area contributed by atoms with Gasteiger partial charge in [-0.25, -0.2) is 0 Å². The second-order valence-corrected chi connectivity index (χ2v) is 4.36. The molecule has 92 valence electrons. The molecule has 0 aromatic heterocycles. The van der Waals surface area contributed by atoms with Crippen LogP contribution in [-0.2, 0) is 9.53 Å². The van der Waals surface area contributed by atoms with Crippen molar-refractivity contribution in [2.75, 3.05) is 7.11 Å². The molecule has 17 heavy (non-hydrogen) atoms. The van der Waals surface area contributed by atoms with Gasteiger partial charge in [-0.05, 0) is 18.4 Å². The van der Waals surface area contributed by atoms with Gasteiger partial charge >= 0.3 is 0 Å². The molecule has 0 bridgehead atoms. The molecular formula is C13H17NO3. The molecule has 1 aromatic carbocycles. The summed E-state index contributed by atoms with van der Waals surface area (Å²) in [6, 6.07) is 9.46. The first kappa shape index (κ1) is 12.1. The number of aliphatic hydroxyl groups excluding tert-OH is 1. The van der Waals surface area contributed by atoms with Gasteiger partial charge < -0.3 is 15.2 Å². The van der Waals surface area contributed by atoms with Gasteiger partial charge in [0.2, 0.25) is 0 Å². The van der Waals surface area contributed by atoms with Gasteiger partial charge in [-0.2, -0.15) is 0 Å². The summed E-state index contributed by atoms with van der Waals surface area (Å²) in [4.78, 5) is 12.0. The van der Waals surface area contributed by atoms with Crippen LogP contribution in [0.15, 0.2) is 30.3 Å². The summed E-state index contributed by atoms with van der Waals surface area (Å²) in [5, 5.41) is 12.0. The third kappa shape index (κ3) is 2.84. The zero-order chi connectivity index (χ0) is 12.3. The maximum atomic E-state index is 12.0. The maximum Gasteiger partial charge on any atom is 0.253 e. The fourth-order valence-corrected chi connectivity index (χ4v) is 2.00. The lowest BCUT2D eigenvalue weighted by Crippen LogP contribution is -2.48. The van der Waals surface area contributed by atoms with Crippen molar-refractivity contribution >= 4 is 5.91 Å². The Morgan fingerprint density at radius 1 is 1.41 bits per heavy atom. The van der Waals surface area contributed by atoms with Crippen molar-refractivity contribution in [2.24, 2.45) is 0 Å². The first-order chi connectivity index (χ1) is 8.20. The number of methoxy groups -OCH3 is 1. The van der Waals surface area contributed by atoms with Gasteiger partial charge in [-0.3, -0.25) is 4.79 Å². The predicted octanol–water partition coefficient (Wildman–Crippen LogP) is 1.01. The molecule has 0 saturated heterocycles. The topological polar surface area (TPSA) is 58.6 Å². The highest BCUT2D eigenvalue weighted by atomic mass is 16.5. The van der Waals surface area contributed by atoms with E-state index in [2.05, 4.69) is 5.32 Å². The van der Waals surface area contributed by atoms with E-state index in [4.69, 9.17) is 9.84 Å². The van der Waals surface area contributed by atoms with Crippen molar-refractivity contribution in [1.29, 1.82) is 0 Å². The first-order valence-electron chi connectivity index (χ1n) is 5.77. The Morgan fingerprint density at radius 3 is 2.59 bits per heavy atom. The Kier molecular flexibility index (Phi) is 3.76. The van der Waals surface area contributed by atoms with Crippen molar-refractivity contribution in [1.82, 2.24) is 5.32 Å².